The van der Waals surface area contributed by atoms with E-state index in [9.17, 15) is 4.39 Å². The molecule has 5 nitrogen and oxygen atoms in total. The first-order valence-corrected chi connectivity index (χ1v) is 6.36. The van der Waals surface area contributed by atoms with E-state index in [1.165, 1.54) is 12.3 Å². The molecule has 3 heterocycles. The van der Waals surface area contributed by atoms with E-state index in [4.69, 9.17) is 0 Å². The molecular weight excluding hydrogens is 257 g/mol. The molecule has 3 aromatic rings. The normalized spacial score (nSPS) is 10.9. The smallest absolute Gasteiger partial charge is 0.142 e. The van der Waals surface area contributed by atoms with Gasteiger partial charge in [0.15, 0.2) is 0 Å². The van der Waals surface area contributed by atoms with E-state index in [-0.39, 0.29) is 5.82 Å². The van der Waals surface area contributed by atoms with Crippen LogP contribution in [0.1, 0.15) is 11.4 Å². The van der Waals surface area contributed by atoms with Gasteiger partial charge >= 0.3 is 0 Å². The van der Waals surface area contributed by atoms with Gasteiger partial charge in [-0.3, -0.25) is 14.8 Å². The molecule has 0 unspecified atom stereocenters. The zero-order valence-electron chi connectivity index (χ0n) is 11.0. The van der Waals surface area contributed by atoms with Crippen molar-refractivity contribution in [3.8, 4) is 11.3 Å². The van der Waals surface area contributed by atoms with Crippen LogP contribution < -0.4 is 0 Å². The number of H-pyrrole nitrogens is 1. The molecule has 3 rings (SSSR count). The number of nitrogens with zero attached hydrogens (tertiary/aromatic N) is 4. The van der Waals surface area contributed by atoms with Crippen LogP contribution in [-0.2, 0) is 13.0 Å². The van der Waals surface area contributed by atoms with Gasteiger partial charge in [0.25, 0.3) is 0 Å². The summed E-state index contributed by atoms with van der Waals surface area (Å²) in [7, 11) is 0. The fourth-order valence-corrected chi connectivity index (χ4v) is 2.15. The summed E-state index contributed by atoms with van der Waals surface area (Å²) in [4.78, 5) is 3.89. The Hall–Kier alpha value is -2.50. The summed E-state index contributed by atoms with van der Waals surface area (Å²) in [5, 5.41) is 11.3. The minimum absolute atomic E-state index is 0.347. The van der Waals surface area contributed by atoms with E-state index in [0.29, 0.717) is 6.54 Å². The Kier molecular flexibility index (Phi) is 3.28. The number of hydrogen-bond acceptors (Lipinski definition) is 3. The van der Waals surface area contributed by atoms with Crippen molar-refractivity contribution in [2.45, 2.75) is 19.9 Å². The van der Waals surface area contributed by atoms with Crippen molar-refractivity contribution in [3.63, 3.8) is 0 Å². The minimum Gasteiger partial charge on any atom is -0.285 e. The van der Waals surface area contributed by atoms with Gasteiger partial charge in [-0.25, -0.2) is 4.39 Å². The molecular formula is C14H14FN5. The number of hydrogen-bond donors (Lipinski definition) is 1. The van der Waals surface area contributed by atoms with Gasteiger partial charge in [-0.1, -0.05) is 0 Å². The van der Waals surface area contributed by atoms with Crippen LogP contribution in [0.2, 0.25) is 0 Å². The van der Waals surface area contributed by atoms with Crippen molar-refractivity contribution in [1.29, 1.82) is 0 Å². The van der Waals surface area contributed by atoms with Crippen molar-refractivity contribution in [1.82, 2.24) is 25.0 Å². The number of aryl methyl sites for hydroxylation is 3. The van der Waals surface area contributed by atoms with Crippen LogP contribution in [0.15, 0.2) is 36.8 Å². The van der Waals surface area contributed by atoms with Gasteiger partial charge in [-0.15, -0.1) is 0 Å². The first-order valence-electron chi connectivity index (χ1n) is 6.36. The third-order valence-electron chi connectivity index (χ3n) is 3.04. The number of rotatable bonds is 4. The van der Waals surface area contributed by atoms with Crippen LogP contribution >= 0.6 is 0 Å². The highest BCUT2D eigenvalue weighted by Gasteiger charge is 2.09. The first kappa shape index (κ1) is 12.5. The fraction of sp³-hybridized carbons (Fsp3) is 0.214. The molecule has 6 heteroatoms. The molecule has 3 aromatic heterocycles. The Labute approximate surface area is 115 Å². The quantitative estimate of drug-likeness (QED) is 0.792. The maximum atomic E-state index is 13.3. The standard InChI is InChI=1S/C14H14FN5/c1-10-6-14(11-7-12(15)9-16-8-11)20(19-10)5-3-13-2-4-17-18-13/h2,4,6-9H,3,5H2,1H3,(H,17,18). The Morgan fingerprint density at radius 1 is 1.30 bits per heavy atom. The van der Waals surface area contributed by atoms with Crippen LogP contribution in [0.25, 0.3) is 11.3 Å². The van der Waals surface area contributed by atoms with Crippen LogP contribution in [-0.4, -0.2) is 25.0 Å². The Morgan fingerprint density at radius 3 is 2.95 bits per heavy atom. The maximum absolute atomic E-state index is 13.3. The average Bonchev–Trinajstić information content (AvgIpc) is 3.05. The highest BCUT2D eigenvalue weighted by Crippen LogP contribution is 2.20. The summed E-state index contributed by atoms with van der Waals surface area (Å²) in [6.07, 6.45) is 5.40. The number of nitrogens with one attached hydrogen (secondary N) is 1. The Morgan fingerprint density at radius 2 is 2.20 bits per heavy atom. The molecule has 0 aromatic carbocycles. The van der Waals surface area contributed by atoms with Crippen LogP contribution in [0, 0.1) is 12.7 Å². The zero-order valence-corrected chi connectivity index (χ0v) is 11.0. The summed E-state index contributed by atoms with van der Waals surface area (Å²) >= 11 is 0. The van der Waals surface area contributed by atoms with Crippen molar-refractivity contribution >= 4 is 0 Å². The van der Waals surface area contributed by atoms with Crippen molar-refractivity contribution < 1.29 is 4.39 Å². The number of pyridine rings is 1. The monoisotopic (exact) mass is 271 g/mol. The Balaban J connectivity index is 1.88. The van der Waals surface area contributed by atoms with Gasteiger partial charge < -0.3 is 0 Å². The summed E-state index contributed by atoms with van der Waals surface area (Å²) in [6.45, 7) is 2.60. The second-order valence-electron chi connectivity index (χ2n) is 4.60. The highest BCUT2D eigenvalue weighted by molar-refractivity contribution is 5.58. The van der Waals surface area contributed by atoms with Crippen LogP contribution in [0.5, 0.6) is 0 Å². The van der Waals surface area contributed by atoms with Gasteiger partial charge in [-0.05, 0) is 25.1 Å². The molecule has 0 atom stereocenters. The SMILES string of the molecule is Cc1cc(-c2cncc(F)c2)n(CCc2cc[nH]n2)n1. The van der Waals surface area contributed by atoms with E-state index in [1.807, 2.05) is 23.7 Å². The lowest BCUT2D eigenvalue weighted by atomic mass is 10.2. The molecule has 0 aliphatic rings. The van der Waals surface area contributed by atoms with Crippen molar-refractivity contribution in [3.05, 3.63) is 54.0 Å². The predicted molar refractivity (Wildman–Crippen MR) is 72.4 cm³/mol. The molecule has 102 valence electrons. The average molecular weight is 271 g/mol. The van der Waals surface area contributed by atoms with Gasteiger partial charge in [-0.2, -0.15) is 10.2 Å². The number of aromatic nitrogens is 5. The third-order valence-corrected chi connectivity index (χ3v) is 3.04. The molecule has 0 bridgehead atoms. The topological polar surface area (TPSA) is 59.4 Å². The molecule has 0 aliphatic heterocycles. The molecule has 1 N–H and O–H groups in total. The highest BCUT2D eigenvalue weighted by atomic mass is 19.1. The van der Waals surface area contributed by atoms with Crippen LogP contribution in [0.3, 0.4) is 0 Å². The van der Waals surface area contributed by atoms with E-state index in [1.54, 1.807) is 12.4 Å². The summed E-state index contributed by atoms with van der Waals surface area (Å²) in [6, 6.07) is 5.33. The zero-order chi connectivity index (χ0) is 13.9. The lowest BCUT2D eigenvalue weighted by Gasteiger charge is -2.06. The van der Waals surface area contributed by atoms with Gasteiger partial charge in [0.05, 0.1) is 23.3 Å². The van der Waals surface area contributed by atoms with Crippen LogP contribution in [0.4, 0.5) is 4.39 Å². The molecule has 0 saturated heterocycles. The number of aromatic amines is 1. The molecule has 0 saturated carbocycles. The molecule has 0 aliphatic carbocycles. The van der Waals surface area contributed by atoms with E-state index < -0.39 is 0 Å². The third kappa shape index (κ3) is 2.59. The molecule has 0 amide bonds. The molecule has 0 fully saturated rings. The van der Waals surface area contributed by atoms with Gasteiger partial charge in [0.1, 0.15) is 5.82 Å². The lowest BCUT2D eigenvalue weighted by Crippen LogP contribution is -2.06. The van der Waals surface area contributed by atoms with E-state index in [2.05, 4.69) is 20.3 Å². The molecule has 0 radical (unpaired) electrons. The second kappa shape index (κ2) is 5.24. The number of halogens is 1. The first-order chi connectivity index (χ1) is 9.72. The fourth-order valence-electron chi connectivity index (χ4n) is 2.15. The second-order valence-corrected chi connectivity index (χ2v) is 4.60. The van der Waals surface area contributed by atoms with E-state index >= 15 is 0 Å². The summed E-state index contributed by atoms with van der Waals surface area (Å²) < 4.78 is 15.2. The summed E-state index contributed by atoms with van der Waals surface area (Å²) in [5.74, 6) is -0.347. The predicted octanol–water partition coefficient (Wildman–Crippen LogP) is 2.36. The molecule has 0 spiro atoms. The largest absolute Gasteiger partial charge is 0.285 e. The summed E-state index contributed by atoms with van der Waals surface area (Å²) in [5.41, 5.74) is 3.46. The van der Waals surface area contributed by atoms with Crippen molar-refractivity contribution in [2.75, 3.05) is 0 Å². The lowest BCUT2D eigenvalue weighted by molar-refractivity contribution is 0.605. The molecule has 20 heavy (non-hydrogen) atoms. The Bertz CT molecular complexity index is 702. The maximum Gasteiger partial charge on any atom is 0.142 e. The van der Waals surface area contributed by atoms with E-state index in [0.717, 1.165) is 29.1 Å². The minimum atomic E-state index is -0.347. The van der Waals surface area contributed by atoms with Gasteiger partial charge in [0.2, 0.25) is 0 Å². The van der Waals surface area contributed by atoms with Gasteiger partial charge in [0, 0.05) is 30.9 Å². The van der Waals surface area contributed by atoms with Crippen molar-refractivity contribution in [2.24, 2.45) is 0 Å².